The van der Waals surface area contributed by atoms with Gasteiger partial charge in [-0.1, -0.05) is 23.2 Å². The molecule has 0 saturated heterocycles. The van der Waals surface area contributed by atoms with E-state index in [4.69, 9.17) is 39.1 Å². The molecule has 102 valence electrons. The zero-order valence-electron chi connectivity index (χ0n) is 9.95. The number of nitrogen functional groups attached to an aromatic ring is 2. The van der Waals surface area contributed by atoms with Gasteiger partial charge in [0.1, 0.15) is 11.5 Å². The Labute approximate surface area is 123 Å². The van der Waals surface area contributed by atoms with Gasteiger partial charge in [0.25, 0.3) is 0 Å². The molecule has 0 fully saturated rings. The summed E-state index contributed by atoms with van der Waals surface area (Å²) in [7, 11) is 0. The summed E-state index contributed by atoms with van der Waals surface area (Å²) in [4.78, 5) is 4.04. The van der Waals surface area contributed by atoms with Gasteiger partial charge >= 0.3 is 0 Å². The average Bonchev–Trinajstić information content (AvgIpc) is 2.72. The third kappa shape index (κ3) is 1.78. The molecule has 4 nitrogen and oxygen atoms in total. The van der Waals surface area contributed by atoms with Crippen LogP contribution in [-0.4, -0.2) is 4.98 Å². The van der Waals surface area contributed by atoms with E-state index in [2.05, 4.69) is 4.98 Å². The number of hydrogen-bond donors (Lipinski definition) is 2. The van der Waals surface area contributed by atoms with Crippen LogP contribution >= 0.6 is 23.2 Å². The van der Waals surface area contributed by atoms with Crippen LogP contribution in [-0.2, 0) is 0 Å². The van der Waals surface area contributed by atoms with E-state index in [0.717, 1.165) is 0 Å². The molecule has 0 saturated carbocycles. The lowest BCUT2D eigenvalue weighted by molar-refractivity contribution is 0.628. The monoisotopic (exact) mass is 311 g/mol. The number of halogens is 3. The largest absolute Gasteiger partial charge is 0.437 e. The maximum atomic E-state index is 13.4. The highest BCUT2D eigenvalue weighted by Gasteiger charge is 2.18. The van der Waals surface area contributed by atoms with Gasteiger partial charge in [0.05, 0.1) is 21.6 Å². The number of fused-ring (bicyclic) bond motifs is 1. The number of hydrogen-bond acceptors (Lipinski definition) is 4. The molecule has 3 rings (SSSR count). The summed E-state index contributed by atoms with van der Waals surface area (Å²) in [5, 5.41) is 0.499. The fraction of sp³-hybridized carbons (Fsp3) is 0. The van der Waals surface area contributed by atoms with E-state index in [-0.39, 0.29) is 21.6 Å². The molecule has 0 unspecified atom stereocenters. The summed E-state index contributed by atoms with van der Waals surface area (Å²) in [5.41, 5.74) is 13.3. The zero-order chi connectivity index (χ0) is 14.4. The second-order valence-electron chi connectivity index (χ2n) is 4.16. The van der Waals surface area contributed by atoms with Crippen molar-refractivity contribution in [3.05, 3.63) is 40.4 Å². The molecule has 1 aromatic carbocycles. The third-order valence-corrected chi connectivity index (χ3v) is 3.85. The molecule has 0 spiro atoms. The summed E-state index contributed by atoms with van der Waals surface area (Å²) in [5.74, 6) is -0.501. The van der Waals surface area contributed by atoms with Crippen molar-refractivity contribution in [3.8, 4) is 11.1 Å². The maximum Gasteiger partial charge on any atom is 0.214 e. The third-order valence-electron chi connectivity index (χ3n) is 2.99. The molecule has 0 aliphatic heterocycles. The number of nitrogens with zero attached hydrogens (tertiary/aromatic N) is 1. The van der Waals surface area contributed by atoms with E-state index in [1.54, 1.807) is 6.20 Å². The van der Waals surface area contributed by atoms with Crippen molar-refractivity contribution in [1.82, 2.24) is 4.98 Å². The molecule has 20 heavy (non-hydrogen) atoms. The molecule has 0 amide bonds. The molecule has 0 atom stereocenters. The highest BCUT2D eigenvalue weighted by Crippen LogP contribution is 2.41. The smallest absolute Gasteiger partial charge is 0.214 e. The van der Waals surface area contributed by atoms with Crippen molar-refractivity contribution in [2.75, 3.05) is 11.5 Å². The Hall–Kier alpha value is -1.98. The highest BCUT2D eigenvalue weighted by molar-refractivity contribution is 6.44. The second kappa shape index (κ2) is 4.54. The number of pyridine rings is 1. The molecule has 2 heterocycles. The lowest BCUT2D eigenvalue weighted by atomic mass is 10.0. The molecule has 0 aliphatic carbocycles. The first-order valence-electron chi connectivity index (χ1n) is 5.56. The summed E-state index contributed by atoms with van der Waals surface area (Å²) < 4.78 is 18.7. The number of nitrogens with two attached hydrogens (primary N) is 2. The first kappa shape index (κ1) is 13.0. The van der Waals surface area contributed by atoms with Crippen LogP contribution in [0.4, 0.5) is 16.0 Å². The molecular weight excluding hydrogens is 304 g/mol. The lowest BCUT2D eigenvalue weighted by Gasteiger charge is -2.08. The molecule has 0 aliphatic rings. The van der Waals surface area contributed by atoms with E-state index < -0.39 is 5.82 Å². The predicted octanol–water partition coefficient (Wildman–Crippen LogP) is 4.11. The van der Waals surface area contributed by atoms with Crippen molar-refractivity contribution in [2.24, 2.45) is 0 Å². The van der Waals surface area contributed by atoms with Gasteiger partial charge in [0.15, 0.2) is 5.58 Å². The second-order valence-corrected chi connectivity index (χ2v) is 4.92. The van der Waals surface area contributed by atoms with Gasteiger partial charge in [-0.05, 0) is 12.1 Å². The van der Waals surface area contributed by atoms with Crippen LogP contribution in [0.15, 0.2) is 28.9 Å². The minimum Gasteiger partial charge on any atom is -0.437 e. The van der Waals surface area contributed by atoms with Gasteiger partial charge in [-0.2, -0.15) is 0 Å². The molecule has 2 aromatic heterocycles. The molecule has 0 radical (unpaired) electrons. The van der Waals surface area contributed by atoms with Crippen LogP contribution in [0.25, 0.3) is 22.1 Å². The quantitative estimate of drug-likeness (QED) is 0.663. The van der Waals surface area contributed by atoms with Crippen molar-refractivity contribution in [2.45, 2.75) is 0 Å². The van der Waals surface area contributed by atoms with E-state index in [1.807, 2.05) is 0 Å². The normalized spacial score (nSPS) is 11.2. The van der Waals surface area contributed by atoms with Crippen LogP contribution in [0.3, 0.4) is 0 Å². The summed E-state index contributed by atoms with van der Waals surface area (Å²) in [6.07, 6.45) is 3.04. The number of furan rings is 1. The molecule has 0 bridgehead atoms. The Bertz CT molecular complexity index is 832. The van der Waals surface area contributed by atoms with E-state index in [9.17, 15) is 4.39 Å². The molecule has 3 aromatic rings. The first-order valence-corrected chi connectivity index (χ1v) is 6.31. The number of aromatic nitrogens is 1. The van der Waals surface area contributed by atoms with Crippen LogP contribution < -0.4 is 11.5 Å². The van der Waals surface area contributed by atoms with E-state index >= 15 is 0 Å². The van der Waals surface area contributed by atoms with Gasteiger partial charge in [0.2, 0.25) is 5.88 Å². The standard InChI is InChI=1S/C13H8Cl2FN3O/c14-10-5(1-2-7(16)11(10)15)6-3-19-4-8-9(6)12(17)13(18)20-8/h1-4H,17-18H2. The van der Waals surface area contributed by atoms with Crippen molar-refractivity contribution in [1.29, 1.82) is 0 Å². The Balaban J connectivity index is 2.38. The van der Waals surface area contributed by atoms with Crippen LogP contribution in [0.1, 0.15) is 0 Å². The predicted molar refractivity (Wildman–Crippen MR) is 78.2 cm³/mol. The van der Waals surface area contributed by atoms with Crippen molar-refractivity contribution in [3.63, 3.8) is 0 Å². The Morgan fingerprint density at radius 1 is 1.05 bits per heavy atom. The van der Waals surface area contributed by atoms with Gasteiger partial charge in [-0.25, -0.2) is 4.39 Å². The van der Waals surface area contributed by atoms with Gasteiger partial charge < -0.3 is 15.9 Å². The Kier molecular flexibility index (Phi) is 2.96. The fourth-order valence-electron chi connectivity index (χ4n) is 2.03. The van der Waals surface area contributed by atoms with E-state index in [0.29, 0.717) is 22.1 Å². The van der Waals surface area contributed by atoms with Crippen LogP contribution in [0, 0.1) is 5.82 Å². The zero-order valence-corrected chi connectivity index (χ0v) is 11.5. The molecule has 7 heteroatoms. The fourth-order valence-corrected chi connectivity index (χ4v) is 2.45. The number of rotatable bonds is 1. The summed E-state index contributed by atoms with van der Waals surface area (Å²) >= 11 is 11.9. The first-order chi connectivity index (χ1) is 9.50. The van der Waals surface area contributed by atoms with Gasteiger partial charge in [-0.15, -0.1) is 0 Å². The topological polar surface area (TPSA) is 78.1 Å². The van der Waals surface area contributed by atoms with E-state index in [1.165, 1.54) is 18.3 Å². The average molecular weight is 312 g/mol. The Morgan fingerprint density at radius 2 is 1.80 bits per heavy atom. The van der Waals surface area contributed by atoms with Crippen LogP contribution in [0.2, 0.25) is 10.0 Å². The minimum absolute atomic E-state index is 0.0835. The molecule has 4 N–H and O–H groups in total. The Morgan fingerprint density at radius 3 is 2.55 bits per heavy atom. The molecular formula is C13H8Cl2FN3O. The van der Waals surface area contributed by atoms with Crippen molar-refractivity contribution < 1.29 is 8.81 Å². The van der Waals surface area contributed by atoms with Crippen LogP contribution in [0.5, 0.6) is 0 Å². The summed E-state index contributed by atoms with van der Waals surface area (Å²) in [6, 6.07) is 2.73. The van der Waals surface area contributed by atoms with Gasteiger partial charge in [0, 0.05) is 17.3 Å². The van der Waals surface area contributed by atoms with Crippen molar-refractivity contribution >= 4 is 45.7 Å². The minimum atomic E-state index is -0.597. The SMILES string of the molecule is Nc1oc2cncc(-c3ccc(F)c(Cl)c3Cl)c2c1N. The maximum absolute atomic E-state index is 13.4. The number of anilines is 2. The highest BCUT2D eigenvalue weighted by atomic mass is 35.5. The number of benzene rings is 1. The summed E-state index contributed by atoms with van der Waals surface area (Å²) in [6.45, 7) is 0. The lowest BCUT2D eigenvalue weighted by Crippen LogP contribution is -1.92. The van der Waals surface area contributed by atoms with Gasteiger partial charge in [-0.3, -0.25) is 4.98 Å².